The lowest BCUT2D eigenvalue weighted by Crippen LogP contribution is -2.13. The van der Waals surface area contributed by atoms with E-state index >= 15 is 0 Å². The molecule has 0 radical (unpaired) electrons. The van der Waals surface area contributed by atoms with E-state index in [1.54, 1.807) is 0 Å². The summed E-state index contributed by atoms with van der Waals surface area (Å²) >= 11 is 0. The third-order valence-corrected chi connectivity index (χ3v) is 1.76. The Hall–Kier alpha value is -1.28. The highest BCUT2D eigenvalue weighted by Gasteiger charge is 2.42. The van der Waals surface area contributed by atoms with Crippen LogP contribution in [0.2, 0.25) is 0 Å². The Morgan fingerprint density at radius 1 is 1.50 bits per heavy atom. The fourth-order valence-electron chi connectivity index (χ4n) is 1.12. The second-order valence-corrected chi connectivity index (χ2v) is 3.04. The number of halogens is 4. The molecule has 0 unspecified atom stereocenters. The highest BCUT2D eigenvalue weighted by Crippen LogP contribution is 2.33. The van der Waals surface area contributed by atoms with Crippen LogP contribution >= 0.6 is 12.4 Å². The Kier molecular flexibility index (Phi) is 6.13. The minimum absolute atomic E-state index is 0. The minimum atomic E-state index is -4.79. The number of nitrogens with zero attached hydrogens (tertiary/aromatic N) is 1. The second kappa shape index (κ2) is 6.60. The van der Waals surface area contributed by atoms with Gasteiger partial charge in [-0.05, 0) is 6.92 Å². The summed E-state index contributed by atoms with van der Waals surface area (Å²) < 4.78 is 46.5. The fraction of sp³-hybridized carbons (Fsp3) is 0.556. The van der Waals surface area contributed by atoms with Gasteiger partial charge >= 0.3 is 12.1 Å². The monoisotopic (exact) mass is 288 g/mol. The first kappa shape index (κ1) is 16.7. The molecule has 0 saturated heterocycles. The molecule has 0 saturated carbocycles. The highest BCUT2D eigenvalue weighted by atomic mass is 35.5. The van der Waals surface area contributed by atoms with E-state index in [1.807, 2.05) is 0 Å². The van der Waals surface area contributed by atoms with Crippen LogP contribution in [0.25, 0.3) is 0 Å². The summed E-state index contributed by atoms with van der Waals surface area (Å²) in [4.78, 5) is 14.7. The average Bonchev–Trinajstić information content (AvgIpc) is 2.62. The highest BCUT2D eigenvalue weighted by molar-refractivity contribution is 5.88. The van der Waals surface area contributed by atoms with Gasteiger partial charge in [-0.25, -0.2) is 9.78 Å². The van der Waals surface area contributed by atoms with Gasteiger partial charge in [0.15, 0.2) is 11.6 Å². The van der Waals surface area contributed by atoms with Crippen molar-refractivity contribution >= 4 is 18.4 Å². The molecule has 104 valence electrons. The van der Waals surface area contributed by atoms with Crippen LogP contribution in [-0.2, 0) is 17.3 Å². The molecule has 9 heteroatoms. The number of rotatable bonds is 4. The summed E-state index contributed by atoms with van der Waals surface area (Å²) in [5.74, 6) is -2.84. The normalized spacial score (nSPS) is 10.9. The largest absolute Gasteiger partial charge is 0.461 e. The molecule has 0 bridgehead atoms. The summed E-state index contributed by atoms with van der Waals surface area (Å²) in [6.45, 7) is 1.50. The molecule has 5 nitrogen and oxygen atoms in total. The van der Waals surface area contributed by atoms with Crippen LogP contribution in [0.4, 0.5) is 13.2 Å². The summed E-state index contributed by atoms with van der Waals surface area (Å²) in [7, 11) is 0. The van der Waals surface area contributed by atoms with Crippen LogP contribution in [0.1, 0.15) is 29.1 Å². The Morgan fingerprint density at radius 3 is 2.56 bits per heavy atom. The van der Waals surface area contributed by atoms with Gasteiger partial charge in [-0.2, -0.15) is 13.2 Å². The third kappa shape index (κ3) is 3.88. The van der Waals surface area contributed by atoms with Gasteiger partial charge in [-0.15, -0.1) is 12.4 Å². The molecule has 1 aromatic heterocycles. The first-order valence-electron chi connectivity index (χ1n) is 4.84. The minimum Gasteiger partial charge on any atom is -0.461 e. The molecule has 0 spiro atoms. The molecule has 18 heavy (non-hydrogen) atoms. The zero-order valence-electron chi connectivity index (χ0n) is 9.41. The van der Waals surface area contributed by atoms with Crippen molar-refractivity contribution in [2.24, 2.45) is 5.73 Å². The molecule has 0 aliphatic carbocycles. The molecule has 0 aliphatic heterocycles. The molecule has 1 rings (SSSR count). The Morgan fingerprint density at radius 2 is 2.11 bits per heavy atom. The average molecular weight is 289 g/mol. The lowest BCUT2D eigenvalue weighted by Gasteiger charge is -2.03. The van der Waals surface area contributed by atoms with E-state index in [0.29, 0.717) is 0 Å². The molecule has 0 aliphatic rings. The molecule has 1 aromatic rings. The van der Waals surface area contributed by atoms with Crippen molar-refractivity contribution in [2.45, 2.75) is 19.5 Å². The van der Waals surface area contributed by atoms with Crippen molar-refractivity contribution in [3.63, 3.8) is 0 Å². The summed E-state index contributed by atoms with van der Waals surface area (Å²) in [6, 6.07) is 0. The predicted octanol–water partition coefficient (Wildman–Crippen LogP) is 1.79. The van der Waals surface area contributed by atoms with Crippen LogP contribution in [0.5, 0.6) is 0 Å². The van der Waals surface area contributed by atoms with E-state index in [-0.39, 0.29) is 37.9 Å². The number of alkyl halides is 3. The van der Waals surface area contributed by atoms with Gasteiger partial charge in [0, 0.05) is 13.0 Å². The number of hydrogen-bond acceptors (Lipinski definition) is 5. The topological polar surface area (TPSA) is 78.3 Å². The molecule has 0 aromatic carbocycles. The lowest BCUT2D eigenvalue weighted by atomic mass is 10.3. The maximum atomic E-state index is 12.5. The third-order valence-electron chi connectivity index (χ3n) is 1.76. The van der Waals surface area contributed by atoms with Crippen molar-refractivity contribution in [3.8, 4) is 0 Å². The van der Waals surface area contributed by atoms with Gasteiger partial charge in [0.25, 0.3) is 0 Å². The van der Waals surface area contributed by atoms with Crippen molar-refractivity contribution in [1.29, 1.82) is 0 Å². The Balaban J connectivity index is 0.00000289. The van der Waals surface area contributed by atoms with Gasteiger partial charge in [0.1, 0.15) is 0 Å². The molecule has 0 atom stereocenters. The van der Waals surface area contributed by atoms with E-state index in [2.05, 4.69) is 14.1 Å². The van der Waals surface area contributed by atoms with Crippen LogP contribution < -0.4 is 5.73 Å². The van der Waals surface area contributed by atoms with E-state index in [9.17, 15) is 18.0 Å². The van der Waals surface area contributed by atoms with Crippen LogP contribution in [-0.4, -0.2) is 24.1 Å². The first-order chi connectivity index (χ1) is 7.90. The number of esters is 1. The van der Waals surface area contributed by atoms with Crippen LogP contribution in [0, 0.1) is 0 Å². The molecule has 0 amide bonds. The van der Waals surface area contributed by atoms with E-state index in [1.165, 1.54) is 6.92 Å². The smallest absolute Gasteiger partial charge is 0.452 e. The number of aromatic nitrogens is 1. The quantitative estimate of drug-likeness (QED) is 0.855. The second-order valence-electron chi connectivity index (χ2n) is 3.04. The van der Waals surface area contributed by atoms with Gasteiger partial charge in [-0.3, -0.25) is 0 Å². The van der Waals surface area contributed by atoms with Crippen LogP contribution in [0.15, 0.2) is 4.42 Å². The van der Waals surface area contributed by atoms with Crippen molar-refractivity contribution < 1.29 is 27.1 Å². The standard InChI is InChI=1S/C9H11F3N2O3.ClH/c1-2-16-8(15)6-7(9(10,11)12)17-5(14-6)3-4-13;/h2-4,13H2,1H3;1H. The maximum absolute atomic E-state index is 12.5. The molecular formula is C9H12ClF3N2O3. The number of oxazole rings is 1. The van der Waals surface area contributed by atoms with Crippen molar-refractivity contribution in [3.05, 3.63) is 17.3 Å². The molecule has 2 N–H and O–H groups in total. The lowest BCUT2D eigenvalue weighted by molar-refractivity contribution is -0.154. The van der Waals surface area contributed by atoms with Crippen molar-refractivity contribution in [1.82, 2.24) is 4.98 Å². The first-order valence-corrected chi connectivity index (χ1v) is 4.84. The van der Waals surface area contributed by atoms with Gasteiger partial charge < -0.3 is 14.9 Å². The van der Waals surface area contributed by atoms with E-state index in [0.717, 1.165) is 0 Å². The zero-order chi connectivity index (χ0) is 13.1. The number of carbonyl (C=O) groups is 1. The molecular weight excluding hydrogens is 277 g/mol. The number of carbonyl (C=O) groups excluding carboxylic acids is 1. The summed E-state index contributed by atoms with van der Waals surface area (Å²) in [5.41, 5.74) is 4.31. The number of hydrogen-bond donors (Lipinski definition) is 1. The van der Waals surface area contributed by atoms with E-state index < -0.39 is 23.6 Å². The maximum Gasteiger partial charge on any atom is 0.452 e. The summed E-state index contributed by atoms with van der Waals surface area (Å²) in [5, 5.41) is 0. The van der Waals surface area contributed by atoms with E-state index in [4.69, 9.17) is 5.73 Å². The number of nitrogens with two attached hydrogens (primary N) is 1. The predicted molar refractivity (Wildman–Crippen MR) is 57.5 cm³/mol. The SMILES string of the molecule is CCOC(=O)c1nc(CCN)oc1C(F)(F)F.Cl. The van der Waals surface area contributed by atoms with Gasteiger partial charge in [0.2, 0.25) is 5.76 Å². The fourth-order valence-corrected chi connectivity index (χ4v) is 1.12. The Labute approximate surface area is 107 Å². The van der Waals surface area contributed by atoms with Gasteiger partial charge in [-0.1, -0.05) is 0 Å². The Bertz CT molecular complexity index is 406. The van der Waals surface area contributed by atoms with Crippen LogP contribution in [0.3, 0.4) is 0 Å². The summed E-state index contributed by atoms with van der Waals surface area (Å²) in [6.07, 6.45) is -4.77. The zero-order valence-corrected chi connectivity index (χ0v) is 10.2. The number of ether oxygens (including phenoxy) is 1. The van der Waals surface area contributed by atoms with Gasteiger partial charge in [0.05, 0.1) is 6.61 Å². The van der Waals surface area contributed by atoms with Crippen molar-refractivity contribution in [2.75, 3.05) is 13.2 Å². The molecule has 1 heterocycles. The molecule has 0 fully saturated rings.